The summed E-state index contributed by atoms with van der Waals surface area (Å²) in [6.07, 6.45) is 11.5. The van der Waals surface area contributed by atoms with Gasteiger partial charge in [0, 0.05) is 59.4 Å². The predicted octanol–water partition coefficient (Wildman–Crippen LogP) is 2.23. The molecule has 1 aliphatic heterocycles. The van der Waals surface area contributed by atoms with Gasteiger partial charge in [-0.3, -0.25) is 19.4 Å². The summed E-state index contributed by atoms with van der Waals surface area (Å²) in [4.78, 5) is 19.5. The predicted molar refractivity (Wildman–Crippen MR) is 132 cm³/mol. The van der Waals surface area contributed by atoms with Crippen molar-refractivity contribution in [2.75, 3.05) is 30.5 Å². The highest BCUT2D eigenvalue weighted by Gasteiger charge is 2.35. The summed E-state index contributed by atoms with van der Waals surface area (Å²) in [7, 11) is -1.10. The highest BCUT2D eigenvalue weighted by molar-refractivity contribution is 7.84. The summed E-state index contributed by atoms with van der Waals surface area (Å²) < 4.78 is 13.3. The van der Waals surface area contributed by atoms with Gasteiger partial charge in [0.25, 0.3) is 5.91 Å². The summed E-state index contributed by atoms with van der Waals surface area (Å²) in [5, 5.41) is 16.1. The van der Waals surface area contributed by atoms with E-state index in [1.165, 1.54) is 25.5 Å². The smallest absolute Gasteiger partial charge is 0.272 e. The van der Waals surface area contributed by atoms with E-state index in [0.717, 1.165) is 13.1 Å². The second-order valence-corrected chi connectivity index (χ2v) is 9.85. The molecule has 2 fully saturated rings. The number of amides is 1. The third-order valence-corrected chi connectivity index (χ3v) is 6.77. The Labute approximate surface area is 195 Å². The third-order valence-electron chi connectivity index (χ3n) is 6.22. The van der Waals surface area contributed by atoms with Gasteiger partial charge in [-0.2, -0.15) is 5.10 Å². The number of nitrogens with one attached hydrogen (secondary N) is 2. The second-order valence-electron chi connectivity index (χ2n) is 8.41. The van der Waals surface area contributed by atoms with Crippen LogP contribution in [0, 0.1) is 17.2 Å². The fourth-order valence-corrected chi connectivity index (χ4v) is 5.05. The average molecular weight is 471 g/mol. The van der Waals surface area contributed by atoms with Gasteiger partial charge in [-0.15, -0.1) is 0 Å². The molecule has 176 valence electrons. The first-order valence-corrected chi connectivity index (χ1v) is 12.4. The van der Waals surface area contributed by atoms with Crippen LogP contribution in [0.3, 0.4) is 0 Å². The molecule has 1 aliphatic carbocycles. The highest BCUT2D eigenvalue weighted by Crippen LogP contribution is 2.36. The van der Waals surface area contributed by atoms with Crippen LogP contribution in [0.25, 0.3) is 12.3 Å². The van der Waals surface area contributed by atoms with E-state index in [4.69, 9.17) is 5.41 Å². The van der Waals surface area contributed by atoms with Crippen molar-refractivity contribution in [3.8, 4) is 0 Å². The zero-order valence-electron chi connectivity index (χ0n) is 18.7. The largest absolute Gasteiger partial charge is 0.412 e. The van der Waals surface area contributed by atoms with Crippen LogP contribution < -0.4 is 5.32 Å². The first kappa shape index (κ1) is 24.5. The van der Waals surface area contributed by atoms with Gasteiger partial charge in [0.1, 0.15) is 5.69 Å². The van der Waals surface area contributed by atoms with E-state index in [0.29, 0.717) is 40.0 Å². The van der Waals surface area contributed by atoms with Crippen LogP contribution in [0.4, 0.5) is 5.69 Å². The first-order chi connectivity index (χ1) is 15.4. The minimum absolute atomic E-state index is 0. The molecule has 2 bridgehead atoms. The number of pyridine rings is 1. The van der Waals surface area contributed by atoms with Crippen LogP contribution in [0.1, 0.15) is 46.6 Å². The Morgan fingerprint density at radius 3 is 2.58 bits per heavy atom. The van der Waals surface area contributed by atoms with Crippen LogP contribution in [0.15, 0.2) is 31.6 Å². The number of aromatic nitrogens is 3. The molecule has 2 aromatic heterocycles. The first-order valence-electron chi connectivity index (χ1n) is 10.7. The summed E-state index contributed by atoms with van der Waals surface area (Å²) in [5.41, 5.74) is 2.76. The van der Waals surface area contributed by atoms with Crippen molar-refractivity contribution < 1.29 is 14.5 Å². The monoisotopic (exact) mass is 470 g/mol. The molecule has 1 saturated heterocycles. The molecule has 3 unspecified atom stereocenters. The van der Waals surface area contributed by atoms with Crippen molar-refractivity contribution in [1.82, 2.24) is 19.7 Å². The van der Waals surface area contributed by atoms with Crippen molar-refractivity contribution in [1.29, 1.82) is 5.41 Å². The average Bonchev–Trinajstić information content (AvgIpc) is 3.37. The van der Waals surface area contributed by atoms with Gasteiger partial charge >= 0.3 is 0 Å². The van der Waals surface area contributed by atoms with E-state index in [2.05, 4.69) is 28.6 Å². The van der Waals surface area contributed by atoms with Crippen LogP contribution in [-0.2, 0) is 10.8 Å². The Balaban J connectivity index is 0.00000306. The maximum Gasteiger partial charge on any atom is 0.272 e. The van der Waals surface area contributed by atoms with Gasteiger partial charge in [-0.1, -0.05) is 13.2 Å². The Morgan fingerprint density at radius 1 is 1.27 bits per heavy atom. The van der Waals surface area contributed by atoms with Gasteiger partial charge < -0.3 is 15.7 Å². The molecular formula is C23H30N6O3S. The van der Waals surface area contributed by atoms with Gasteiger partial charge in [0.2, 0.25) is 0 Å². The fourth-order valence-electron chi connectivity index (χ4n) is 4.69. The van der Waals surface area contributed by atoms with E-state index >= 15 is 0 Å². The summed E-state index contributed by atoms with van der Waals surface area (Å²) >= 11 is 0. The Morgan fingerprint density at radius 2 is 1.97 bits per heavy atom. The van der Waals surface area contributed by atoms with Gasteiger partial charge in [-0.25, -0.2) is 4.68 Å². The minimum Gasteiger partial charge on any atom is -0.412 e. The molecule has 9 nitrogen and oxygen atoms in total. The van der Waals surface area contributed by atoms with E-state index < -0.39 is 10.8 Å². The number of nitrogens with zero attached hydrogens (tertiary/aromatic N) is 4. The summed E-state index contributed by atoms with van der Waals surface area (Å²) in [6, 6.07) is 1.67. The van der Waals surface area contributed by atoms with Crippen molar-refractivity contribution in [3.05, 3.63) is 54.1 Å². The van der Waals surface area contributed by atoms with Crippen LogP contribution in [0.2, 0.25) is 0 Å². The molecule has 1 amide bonds. The summed E-state index contributed by atoms with van der Waals surface area (Å²) in [5.74, 6) is 1.28. The van der Waals surface area contributed by atoms with Gasteiger partial charge in [-0.05, 0) is 43.2 Å². The van der Waals surface area contributed by atoms with Crippen molar-refractivity contribution >= 4 is 40.4 Å². The molecule has 2 aliphatic rings. The Bertz CT molecular complexity index is 1100. The molecule has 1 saturated carbocycles. The highest BCUT2D eigenvalue weighted by atomic mass is 32.2. The minimum atomic E-state index is -1.10. The number of carbonyl (C=O) groups is 1. The molecule has 33 heavy (non-hydrogen) atoms. The van der Waals surface area contributed by atoms with Crippen LogP contribution >= 0.6 is 0 Å². The third kappa shape index (κ3) is 4.96. The maximum atomic E-state index is 13.2. The normalized spacial score (nSPS) is 20.0. The molecule has 0 radical (unpaired) electrons. The van der Waals surface area contributed by atoms with Crippen molar-refractivity contribution in [2.45, 2.75) is 19.3 Å². The molecule has 2 aromatic rings. The molecule has 0 aromatic carbocycles. The van der Waals surface area contributed by atoms with Crippen LogP contribution in [-0.4, -0.2) is 66.2 Å². The number of carbonyl (C=O) groups excluding carboxylic acids is 1. The van der Waals surface area contributed by atoms with Gasteiger partial charge in [0.05, 0.1) is 23.5 Å². The van der Waals surface area contributed by atoms with Crippen LogP contribution in [0.5, 0.6) is 0 Å². The van der Waals surface area contributed by atoms with E-state index in [1.807, 2.05) is 4.90 Å². The molecule has 0 spiro atoms. The van der Waals surface area contributed by atoms with Crippen molar-refractivity contribution in [3.63, 3.8) is 0 Å². The fraction of sp³-hybridized carbons (Fsp3) is 0.391. The number of likely N-dealkylation sites (tertiary alicyclic amines) is 1. The standard InChI is InChI=1S/C23H28N6O2S.H2O/c1-4-21-18(11-27-29(21)5-2)22(24)17-10-25-20(9-19(17)26-14-32(3)31)23(30)28-12-15-6-7-16(8-15)13-28;/h4-5,9-11,15-16,24H,1-2,6-8,12-14H2,3H3,(H,25,26);1H2. The number of piperidine rings is 1. The number of rotatable bonds is 8. The van der Waals surface area contributed by atoms with E-state index in [9.17, 15) is 9.00 Å². The number of anilines is 1. The SMILES string of the molecule is C=Cc1c(C(=N)c2cnc(C(=O)N3CC4CCC(C4)C3)cc2NCS(C)=O)cnn1C=C.O. The second kappa shape index (κ2) is 10.2. The topological polar surface area (TPSA) is 135 Å². The van der Waals surface area contributed by atoms with Gasteiger partial charge in [0.15, 0.2) is 0 Å². The zero-order valence-corrected chi connectivity index (χ0v) is 19.5. The lowest BCUT2D eigenvalue weighted by atomic mass is 9.98. The Hall–Kier alpha value is -3.11. The zero-order chi connectivity index (χ0) is 22.8. The van der Waals surface area contributed by atoms with Crippen molar-refractivity contribution in [2.24, 2.45) is 11.8 Å². The van der Waals surface area contributed by atoms with E-state index in [1.54, 1.807) is 35.5 Å². The molecular weight excluding hydrogens is 440 g/mol. The Kier molecular flexibility index (Phi) is 7.60. The molecule has 3 atom stereocenters. The molecule has 4 N–H and O–H groups in total. The number of hydrogen-bond donors (Lipinski definition) is 2. The lowest BCUT2D eigenvalue weighted by Gasteiger charge is -2.31. The number of hydrogen-bond acceptors (Lipinski definition) is 6. The quantitative estimate of drug-likeness (QED) is 0.570. The maximum absolute atomic E-state index is 13.2. The lowest BCUT2D eigenvalue weighted by Crippen LogP contribution is -2.41. The number of fused-ring (bicyclic) bond motifs is 2. The molecule has 3 heterocycles. The lowest BCUT2D eigenvalue weighted by molar-refractivity contribution is 0.0656. The molecule has 10 heteroatoms. The van der Waals surface area contributed by atoms with E-state index in [-0.39, 0.29) is 23.0 Å². The molecule has 4 rings (SSSR count). The summed E-state index contributed by atoms with van der Waals surface area (Å²) in [6.45, 7) is 9.09.